The summed E-state index contributed by atoms with van der Waals surface area (Å²) in [4.78, 5) is 0. The molecule has 0 amide bonds. The quantitative estimate of drug-likeness (QED) is 0.0980. The van der Waals surface area contributed by atoms with Crippen molar-refractivity contribution in [2.75, 3.05) is 0 Å². The molecule has 4 heteroatoms. The number of rotatable bonds is 12. The van der Waals surface area contributed by atoms with Crippen molar-refractivity contribution >= 4 is 43.8 Å². The van der Waals surface area contributed by atoms with Crippen molar-refractivity contribution in [3.05, 3.63) is 128 Å². The van der Waals surface area contributed by atoms with Gasteiger partial charge in [0.25, 0.3) is 0 Å². The largest absolute Gasteiger partial charge is 0.147 e. The number of hydrogen-bond acceptors (Lipinski definition) is 0. The van der Waals surface area contributed by atoms with E-state index in [2.05, 4.69) is 143 Å². The average Bonchev–Trinajstić information content (AvgIpc) is 3.55. The second-order valence-corrected chi connectivity index (χ2v) is 52.8. The molecule has 0 aromatic heterocycles. The van der Waals surface area contributed by atoms with Gasteiger partial charge in [-0.25, -0.2) is 0 Å². The van der Waals surface area contributed by atoms with E-state index in [4.69, 9.17) is 0 Å². The summed E-state index contributed by atoms with van der Waals surface area (Å²) in [5.41, 5.74) is 22.1. The van der Waals surface area contributed by atoms with Crippen LogP contribution in [0.1, 0.15) is 181 Å². The molecule has 0 N–H and O–H groups in total. The predicted octanol–water partition coefficient (Wildman–Crippen LogP) is 18.1. The molecule has 4 aromatic rings. The molecule has 4 aromatic carbocycles. The van der Waals surface area contributed by atoms with Crippen LogP contribution >= 0.6 is 24.8 Å². The van der Waals surface area contributed by atoms with Crippen LogP contribution in [0.5, 0.6) is 0 Å². The van der Waals surface area contributed by atoms with Crippen LogP contribution in [0, 0.1) is 38.5 Å². The van der Waals surface area contributed by atoms with Crippen LogP contribution in [0.4, 0.5) is 0 Å². The molecule has 0 nitrogen and oxygen atoms in total. The molecule has 8 rings (SSSR count). The molecule has 62 heavy (non-hydrogen) atoms. The fourth-order valence-corrected chi connectivity index (χ4v) is 34.0. The van der Waals surface area contributed by atoms with E-state index in [0.29, 0.717) is 18.1 Å². The first-order valence-electron chi connectivity index (χ1n) is 24.6. The maximum absolute atomic E-state index is 4.02. The fourth-order valence-electron chi connectivity index (χ4n) is 14.3. The van der Waals surface area contributed by atoms with Gasteiger partial charge in [0.1, 0.15) is 0 Å². The Kier molecular flexibility index (Phi) is 15.9. The Bertz CT molecular complexity index is 2160. The zero-order valence-corrected chi connectivity index (χ0v) is 45.5. The maximum Gasteiger partial charge on any atom is -0.147 e. The summed E-state index contributed by atoms with van der Waals surface area (Å²) >= 11 is -4.02. The Labute approximate surface area is 393 Å². The summed E-state index contributed by atoms with van der Waals surface area (Å²) in [7, 11) is 0. The summed E-state index contributed by atoms with van der Waals surface area (Å²) in [5, 5.41) is 0. The minimum absolute atomic E-state index is 0. The zero-order valence-electron chi connectivity index (χ0n) is 40.0. The zero-order chi connectivity index (χ0) is 42.3. The topological polar surface area (TPSA) is 0 Å². The third-order valence-electron chi connectivity index (χ3n) is 16.3. The Balaban J connectivity index is 0.00000321. The number of benzene rings is 4. The van der Waals surface area contributed by atoms with E-state index in [1.54, 1.807) is 22.3 Å². The van der Waals surface area contributed by atoms with E-state index in [-0.39, 0.29) is 24.8 Å². The normalized spacial score (nSPS) is 20.7. The van der Waals surface area contributed by atoms with Gasteiger partial charge in [-0.1, -0.05) is 0 Å². The van der Waals surface area contributed by atoms with Crippen molar-refractivity contribution in [1.29, 1.82) is 0 Å². The van der Waals surface area contributed by atoms with E-state index >= 15 is 0 Å². The first kappa shape index (κ1) is 49.5. The fraction of sp³-hybridized carbons (Fsp3) is 0.517. The third kappa shape index (κ3) is 9.91. The van der Waals surface area contributed by atoms with Crippen LogP contribution in [0.3, 0.4) is 0 Å². The molecule has 0 aliphatic heterocycles. The van der Waals surface area contributed by atoms with E-state index < -0.39 is 17.4 Å². The van der Waals surface area contributed by atoms with Crippen LogP contribution in [0.2, 0.25) is 9.26 Å². The molecule has 4 aliphatic carbocycles. The summed E-state index contributed by atoms with van der Waals surface area (Å²) in [5.74, 6) is 0. The Morgan fingerprint density at radius 3 is 1.18 bits per heavy atom. The molecule has 0 bridgehead atoms. The summed E-state index contributed by atoms with van der Waals surface area (Å²) < 4.78 is 6.96. The van der Waals surface area contributed by atoms with Crippen LogP contribution in [0.15, 0.2) is 83.9 Å². The molecular weight excluding hydrogens is 887 g/mol. The molecule has 2 fully saturated rings. The Morgan fingerprint density at radius 2 is 0.855 bits per heavy atom. The van der Waals surface area contributed by atoms with Crippen molar-refractivity contribution in [1.82, 2.24) is 0 Å². The molecule has 0 spiro atoms. The van der Waals surface area contributed by atoms with Gasteiger partial charge in [0, 0.05) is 0 Å². The molecular formula is C58H80Cl2SiZr. The van der Waals surface area contributed by atoms with Crippen molar-refractivity contribution in [3.63, 3.8) is 0 Å². The number of halogens is 2. The molecule has 4 aliphatic rings. The molecule has 334 valence electrons. The summed E-state index contributed by atoms with van der Waals surface area (Å²) in [6, 6.07) is 29.5. The van der Waals surface area contributed by atoms with Gasteiger partial charge in [-0.3, -0.25) is 0 Å². The van der Waals surface area contributed by atoms with Crippen LogP contribution in [-0.2, 0) is 17.4 Å². The Morgan fingerprint density at radius 1 is 0.516 bits per heavy atom. The number of fused-ring (bicyclic) bond motifs is 2. The van der Waals surface area contributed by atoms with Gasteiger partial charge in [0.2, 0.25) is 0 Å². The molecule has 2 atom stereocenters. The second-order valence-electron chi connectivity index (χ2n) is 22.3. The molecule has 0 radical (unpaired) electrons. The van der Waals surface area contributed by atoms with Crippen LogP contribution < -0.4 is 0 Å². The second kappa shape index (κ2) is 19.9. The molecule has 0 saturated heterocycles. The first-order valence-corrected chi connectivity index (χ1v) is 38.3. The summed E-state index contributed by atoms with van der Waals surface area (Å²) in [6.45, 7) is 16.7. The smallest absolute Gasteiger partial charge is 0.147 e. The molecule has 2 saturated carbocycles. The number of allylic oxidation sites excluding steroid dienone is 2. The predicted molar refractivity (Wildman–Crippen MR) is 278 cm³/mol. The van der Waals surface area contributed by atoms with Gasteiger partial charge in [-0.05, 0) is 0 Å². The third-order valence-corrected chi connectivity index (χ3v) is 33.8. The minimum atomic E-state index is -4.02. The minimum Gasteiger partial charge on any atom is -0.147 e. The standard InChI is InChI=1S/2C28H35.2CH3.2ClH.H2Si.Zr/c2*1-4-12-28(13-7-5-6-8-14-28)20-23-18-24-10-9-11-26(27(24)19-23)25-16-21(2)15-22(3)17-25;;;;;;/h2*9-11,15-19H,4-8,12-14,20H2,1-3H3;2*1H3;2*1H;1H2;. The summed E-state index contributed by atoms with van der Waals surface area (Å²) in [6.07, 6.45) is 30.5. The van der Waals surface area contributed by atoms with E-state index in [1.807, 2.05) is 11.1 Å². The van der Waals surface area contributed by atoms with E-state index in [9.17, 15) is 0 Å². The van der Waals surface area contributed by atoms with Gasteiger partial charge >= 0.3 is 372 Å². The monoisotopic (exact) mass is 964 g/mol. The van der Waals surface area contributed by atoms with E-state index in [0.717, 1.165) is 0 Å². The van der Waals surface area contributed by atoms with Crippen molar-refractivity contribution < 1.29 is 17.4 Å². The van der Waals surface area contributed by atoms with Gasteiger partial charge < -0.3 is 0 Å². The van der Waals surface area contributed by atoms with Gasteiger partial charge in [0.15, 0.2) is 0 Å². The Hall–Kier alpha value is -1.96. The molecule has 2 unspecified atom stereocenters. The van der Waals surface area contributed by atoms with Gasteiger partial charge in [0.05, 0.1) is 0 Å². The maximum atomic E-state index is 2.95. The first-order chi connectivity index (χ1) is 28.7. The van der Waals surface area contributed by atoms with Crippen molar-refractivity contribution in [2.45, 2.75) is 174 Å². The van der Waals surface area contributed by atoms with Crippen molar-refractivity contribution in [3.8, 4) is 22.3 Å². The number of hydrogen-bond donors (Lipinski definition) is 0. The van der Waals surface area contributed by atoms with E-state index in [1.165, 1.54) is 160 Å². The SMILES string of the molecule is CCCC1(CC2=Cc3c(-c4cc(C)cc(C)c4)cccc3[CH]2[Zr]([CH3])([CH3])(=[SiH2])[CH]2C(CC3(CCC)CCCCCC3)=Cc3c(-c4cc(C)cc(C)c4)cccc32)CCCCCC1.Cl.Cl. The molecule has 0 heterocycles. The van der Waals surface area contributed by atoms with Crippen LogP contribution in [0.25, 0.3) is 34.4 Å². The van der Waals surface area contributed by atoms with Crippen molar-refractivity contribution in [2.24, 2.45) is 10.8 Å². The van der Waals surface area contributed by atoms with Crippen LogP contribution in [-0.4, -0.2) is 6.88 Å². The average molecular weight is 967 g/mol. The number of aryl methyl sites for hydroxylation is 4. The van der Waals surface area contributed by atoms with Gasteiger partial charge in [-0.2, -0.15) is 0 Å². The van der Waals surface area contributed by atoms with Gasteiger partial charge in [-0.15, -0.1) is 24.8 Å².